The van der Waals surface area contributed by atoms with E-state index in [1.165, 1.54) is 0 Å². The molecule has 0 aromatic heterocycles. The lowest BCUT2D eigenvalue weighted by atomic mass is 10.1. The van der Waals surface area contributed by atoms with Crippen molar-refractivity contribution >= 4 is 46.9 Å². The Morgan fingerprint density at radius 3 is 2.25 bits per heavy atom. The van der Waals surface area contributed by atoms with E-state index in [4.69, 9.17) is 44.3 Å². The molecule has 0 saturated heterocycles. The molecule has 0 saturated carbocycles. The van der Waals surface area contributed by atoms with E-state index in [1.54, 1.807) is 42.6 Å². The maximum absolute atomic E-state index is 11.9. The van der Waals surface area contributed by atoms with Gasteiger partial charge in [0.05, 0.1) is 6.21 Å². The van der Waals surface area contributed by atoms with Gasteiger partial charge in [0.15, 0.2) is 6.61 Å². The molecule has 0 atom stereocenters. The summed E-state index contributed by atoms with van der Waals surface area (Å²) in [4.78, 5) is 11.9. The third-order valence-corrected chi connectivity index (χ3v) is 5.30. The molecule has 166 valence electrons. The Hall–Kier alpha value is -2.73. The Kier molecular flexibility index (Phi) is 8.39. The van der Waals surface area contributed by atoms with Gasteiger partial charge in [-0.1, -0.05) is 40.9 Å². The fourth-order valence-electron chi connectivity index (χ4n) is 2.97. The number of nitrogens with zero attached hydrogens (tertiary/aromatic N) is 1. The number of ether oxygens (including phenoxy) is 2. The lowest BCUT2D eigenvalue weighted by molar-refractivity contribution is -0.123. The van der Waals surface area contributed by atoms with Gasteiger partial charge in [-0.2, -0.15) is 5.10 Å². The maximum Gasteiger partial charge on any atom is 0.277 e. The van der Waals surface area contributed by atoms with Crippen LogP contribution in [0.4, 0.5) is 0 Å². The van der Waals surface area contributed by atoms with Crippen LogP contribution in [0.15, 0.2) is 59.7 Å². The van der Waals surface area contributed by atoms with E-state index in [0.717, 1.165) is 28.0 Å². The van der Waals surface area contributed by atoms with Crippen molar-refractivity contribution in [2.24, 2.45) is 5.10 Å². The summed E-state index contributed by atoms with van der Waals surface area (Å²) in [6, 6.07) is 15.9. The van der Waals surface area contributed by atoms with Crippen molar-refractivity contribution in [2.45, 2.75) is 20.5 Å². The molecule has 0 unspecified atom stereocenters. The van der Waals surface area contributed by atoms with Gasteiger partial charge in [-0.15, -0.1) is 0 Å². The van der Waals surface area contributed by atoms with Crippen molar-refractivity contribution in [1.82, 2.24) is 5.43 Å². The van der Waals surface area contributed by atoms with Gasteiger partial charge in [-0.3, -0.25) is 4.79 Å². The molecular weight excluding hydrogens is 471 g/mol. The van der Waals surface area contributed by atoms with Crippen LogP contribution in [-0.2, 0) is 11.4 Å². The summed E-state index contributed by atoms with van der Waals surface area (Å²) in [6.45, 7) is 4.06. The van der Waals surface area contributed by atoms with Crippen LogP contribution >= 0.6 is 34.8 Å². The molecular formula is C24H21Cl3N2O3. The second kappa shape index (κ2) is 11.2. The summed E-state index contributed by atoms with van der Waals surface area (Å²) in [5.41, 5.74) is 6.00. The van der Waals surface area contributed by atoms with Crippen LogP contribution in [0.2, 0.25) is 15.1 Å². The van der Waals surface area contributed by atoms with Gasteiger partial charge in [0.25, 0.3) is 5.91 Å². The quantitative estimate of drug-likeness (QED) is 0.294. The molecule has 0 fully saturated rings. The molecule has 32 heavy (non-hydrogen) atoms. The number of hydrogen-bond acceptors (Lipinski definition) is 4. The molecule has 3 aromatic carbocycles. The van der Waals surface area contributed by atoms with Crippen LogP contribution in [0.1, 0.15) is 22.3 Å². The topological polar surface area (TPSA) is 59.9 Å². The molecule has 0 aliphatic rings. The highest BCUT2D eigenvalue weighted by molar-refractivity contribution is 6.35. The minimum atomic E-state index is -0.371. The standard InChI is InChI=1S/C24H21Cl3N2O3/c1-15-9-17(12-28-29-23(30)14-31-21-7-5-19(25)6-8-21)10-16(2)24(15)32-13-18-3-4-20(26)11-22(18)27/h3-12H,13-14H2,1-2H3,(H,29,30)/b28-12-. The van der Waals surface area contributed by atoms with E-state index in [2.05, 4.69) is 10.5 Å². The molecule has 0 heterocycles. The van der Waals surface area contributed by atoms with E-state index in [9.17, 15) is 4.79 Å². The molecule has 0 bridgehead atoms. The third-order valence-electron chi connectivity index (χ3n) is 4.46. The summed E-state index contributed by atoms with van der Waals surface area (Å²) in [5, 5.41) is 5.74. The Balaban J connectivity index is 1.55. The van der Waals surface area contributed by atoms with E-state index in [-0.39, 0.29) is 12.5 Å². The largest absolute Gasteiger partial charge is 0.488 e. The number of benzene rings is 3. The van der Waals surface area contributed by atoms with E-state index < -0.39 is 0 Å². The van der Waals surface area contributed by atoms with Crippen LogP contribution in [0.25, 0.3) is 0 Å². The average molecular weight is 492 g/mol. The predicted molar refractivity (Wildman–Crippen MR) is 129 cm³/mol. The Morgan fingerprint density at radius 2 is 1.59 bits per heavy atom. The summed E-state index contributed by atoms with van der Waals surface area (Å²) >= 11 is 18.0. The highest BCUT2D eigenvalue weighted by Gasteiger charge is 2.09. The lowest BCUT2D eigenvalue weighted by Gasteiger charge is -2.14. The number of hydrazone groups is 1. The lowest BCUT2D eigenvalue weighted by Crippen LogP contribution is -2.24. The fourth-order valence-corrected chi connectivity index (χ4v) is 3.55. The third kappa shape index (κ3) is 6.89. The van der Waals surface area contributed by atoms with E-state index in [0.29, 0.717) is 27.4 Å². The molecule has 5 nitrogen and oxygen atoms in total. The number of halogens is 3. The zero-order chi connectivity index (χ0) is 23.1. The highest BCUT2D eigenvalue weighted by atomic mass is 35.5. The molecule has 1 amide bonds. The van der Waals surface area contributed by atoms with Gasteiger partial charge < -0.3 is 9.47 Å². The van der Waals surface area contributed by atoms with Crippen LogP contribution in [0.3, 0.4) is 0 Å². The van der Waals surface area contributed by atoms with Crippen molar-refractivity contribution in [2.75, 3.05) is 6.61 Å². The number of carbonyl (C=O) groups is 1. The summed E-state index contributed by atoms with van der Waals surface area (Å²) in [7, 11) is 0. The van der Waals surface area contributed by atoms with Crippen molar-refractivity contribution in [3.05, 3.63) is 91.9 Å². The van der Waals surface area contributed by atoms with Gasteiger partial charge in [-0.05, 0) is 79.1 Å². The van der Waals surface area contributed by atoms with Gasteiger partial charge in [0, 0.05) is 20.6 Å². The Labute approximate surface area is 201 Å². The molecule has 3 rings (SSSR count). The zero-order valence-electron chi connectivity index (χ0n) is 17.5. The van der Waals surface area contributed by atoms with Gasteiger partial charge in [0.1, 0.15) is 18.1 Å². The smallest absolute Gasteiger partial charge is 0.277 e. The van der Waals surface area contributed by atoms with Crippen molar-refractivity contribution in [3.8, 4) is 11.5 Å². The second-order valence-electron chi connectivity index (χ2n) is 7.04. The van der Waals surface area contributed by atoms with Crippen molar-refractivity contribution in [1.29, 1.82) is 0 Å². The van der Waals surface area contributed by atoms with Gasteiger partial charge >= 0.3 is 0 Å². The molecule has 0 aliphatic carbocycles. The molecule has 8 heteroatoms. The van der Waals surface area contributed by atoms with E-state index in [1.807, 2.05) is 32.0 Å². The number of nitrogens with one attached hydrogen (secondary N) is 1. The summed E-state index contributed by atoms with van der Waals surface area (Å²) in [5.74, 6) is 0.952. The molecule has 0 radical (unpaired) electrons. The Bertz CT molecular complexity index is 1110. The second-order valence-corrected chi connectivity index (χ2v) is 8.32. The first kappa shape index (κ1) is 23.9. The van der Waals surface area contributed by atoms with Crippen LogP contribution < -0.4 is 14.9 Å². The van der Waals surface area contributed by atoms with Crippen LogP contribution in [0, 0.1) is 13.8 Å². The van der Waals surface area contributed by atoms with Crippen LogP contribution in [0.5, 0.6) is 11.5 Å². The average Bonchev–Trinajstić information content (AvgIpc) is 2.74. The number of carbonyl (C=O) groups excluding carboxylic acids is 1. The predicted octanol–water partition coefficient (Wildman–Crippen LogP) is 6.37. The number of amides is 1. The van der Waals surface area contributed by atoms with Crippen molar-refractivity contribution < 1.29 is 14.3 Å². The molecule has 0 spiro atoms. The first-order chi connectivity index (χ1) is 15.3. The van der Waals surface area contributed by atoms with Crippen molar-refractivity contribution in [3.63, 3.8) is 0 Å². The van der Waals surface area contributed by atoms with Gasteiger partial charge in [0.2, 0.25) is 0 Å². The number of aryl methyl sites for hydroxylation is 2. The summed E-state index contributed by atoms with van der Waals surface area (Å²) in [6.07, 6.45) is 1.57. The molecule has 1 N–H and O–H groups in total. The number of rotatable bonds is 8. The Morgan fingerprint density at radius 1 is 0.938 bits per heavy atom. The molecule has 3 aromatic rings. The fraction of sp³-hybridized carbons (Fsp3) is 0.167. The zero-order valence-corrected chi connectivity index (χ0v) is 19.8. The summed E-state index contributed by atoms with van der Waals surface area (Å²) < 4.78 is 11.4. The minimum absolute atomic E-state index is 0.156. The first-order valence-electron chi connectivity index (χ1n) is 9.70. The van der Waals surface area contributed by atoms with Gasteiger partial charge in [-0.25, -0.2) is 5.43 Å². The number of hydrogen-bond donors (Lipinski definition) is 1. The van der Waals surface area contributed by atoms with E-state index >= 15 is 0 Å². The molecule has 0 aliphatic heterocycles. The monoisotopic (exact) mass is 490 g/mol. The van der Waals surface area contributed by atoms with Crippen LogP contribution in [-0.4, -0.2) is 18.7 Å². The maximum atomic E-state index is 11.9. The highest BCUT2D eigenvalue weighted by Crippen LogP contribution is 2.27. The minimum Gasteiger partial charge on any atom is -0.488 e. The SMILES string of the molecule is Cc1cc(/C=N\NC(=O)COc2ccc(Cl)cc2)cc(C)c1OCc1ccc(Cl)cc1Cl. The normalized spacial score (nSPS) is 10.9. The first-order valence-corrected chi connectivity index (χ1v) is 10.8.